The molecule has 0 spiro atoms. The Balaban J connectivity index is 1.70. The molecule has 1 saturated heterocycles. The SMILES string of the molecule is CCC(=O)N1CCCC1C(=O)Nc1nnc(-c2cccc(OC)c2)s1. The second kappa shape index (κ2) is 7.60. The summed E-state index contributed by atoms with van der Waals surface area (Å²) in [6.07, 6.45) is 1.93. The van der Waals surface area contributed by atoms with E-state index >= 15 is 0 Å². The number of aromatic nitrogens is 2. The van der Waals surface area contributed by atoms with E-state index < -0.39 is 6.04 Å². The van der Waals surface area contributed by atoms with Crippen molar-refractivity contribution >= 4 is 28.3 Å². The second-order valence-electron chi connectivity index (χ2n) is 5.73. The van der Waals surface area contributed by atoms with E-state index in [0.717, 1.165) is 17.7 Å². The van der Waals surface area contributed by atoms with Crippen LogP contribution < -0.4 is 10.1 Å². The molecule has 2 aromatic rings. The smallest absolute Gasteiger partial charge is 0.249 e. The first kappa shape index (κ1) is 17.3. The van der Waals surface area contributed by atoms with Crippen LogP contribution in [0.25, 0.3) is 10.6 Å². The van der Waals surface area contributed by atoms with Crippen molar-refractivity contribution in [1.82, 2.24) is 15.1 Å². The number of rotatable bonds is 5. The number of carbonyl (C=O) groups excluding carboxylic acids is 2. The van der Waals surface area contributed by atoms with Crippen LogP contribution >= 0.6 is 11.3 Å². The number of nitrogens with zero attached hydrogens (tertiary/aromatic N) is 3. The zero-order valence-corrected chi connectivity index (χ0v) is 15.0. The summed E-state index contributed by atoms with van der Waals surface area (Å²) in [4.78, 5) is 26.1. The highest BCUT2D eigenvalue weighted by Crippen LogP contribution is 2.29. The molecule has 1 N–H and O–H groups in total. The molecule has 1 unspecified atom stereocenters. The largest absolute Gasteiger partial charge is 0.497 e. The van der Waals surface area contributed by atoms with Gasteiger partial charge in [0.2, 0.25) is 16.9 Å². The molecule has 0 radical (unpaired) electrons. The molecule has 0 aliphatic carbocycles. The van der Waals surface area contributed by atoms with E-state index in [1.165, 1.54) is 11.3 Å². The molecule has 1 atom stereocenters. The van der Waals surface area contributed by atoms with E-state index in [1.54, 1.807) is 18.9 Å². The van der Waals surface area contributed by atoms with E-state index in [0.29, 0.717) is 29.5 Å². The molecule has 3 rings (SSSR count). The number of amides is 2. The van der Waals surface area contributed by atoms with Gasteiger partial charge in [-0.1, -0.05) is 30.4 Å². The Labute approximate surface area is 150 Å². The van der Waals surface area contributed by atoms with E-state index in [9.17, 15) is 9.59 Å². The Hall–Kier alpha value is -2.48. The van der Waals surface area contributed by atoms with Crippen molar-refractivity contribution in [3.8, 4) is 16.3 Å². The van der Waals surface area contributed by atoms with Gasteiger partial charge in [-0.2, -0.15) is 0 Å². The summed E-state index contributed by atoms with van der Waals surface area (Å²) in [6.45, 7) is 2.44. The highest BCUT2D eigenvalue weighted by Gasteiger charge is 2.33. The number of carbonyl (C=O) groups is 2. The van der Waals surface area contributed by atoms with Crippen molar-refractivity contribution in [2.45, 2.75) is 32.2 Å². The molecular weight excluding hydrogens is 340 g/mol. The maximum absolute atomic E-state index is 12.5. The topological polar surface area (TPSA) is 84.4 Å². The summed E-state index contributed by atoms with van der Waals surface area (Å²) in [5, 5.41) is 12.1. The van der Waals surface area contributed by atoms with Crippen LogP contribution in [0.4, 0.5) is 5.13 Å². The Kier molecular flexibility index (Phi) is 5.28. The van der Waals surface area contributed by atoms with Gasteiger partial charge in [-0.25, -0.2) is 0 Å². The number of benzene rings is 1. The Morgan fingerprint density at radius 3 is 3.00 bits per heavy atom. The predicted molar refractivity (Wildman–Crippen MR) is 95.6 cm³/mol. The number of anilines is 1. The fraction of sp³-hybridized carbons (Fsp3) is 0.412. The summed E-state index contributed by atoms with van der Waals surface area (Å²) in [7, 11) is 1.61. The summed E-state index contributed by atoms with van der Waals surface area (Å²) in [6, 6.07) is 7.09. The van der Waals surface area contributed by atoms with E-state index in [-0.39, 0.29) is 11.8 Å². The third-order valence-electron chi connectivity index (χ3n) is 4.15. The van der Waals surface area contributed by atoms with Crippen LogP contribution in [-0.2, 0) is 9.59 Å². The van der Waals surface area contributed by atoms with E-state index in [1.807, 2.05) is 24.3 Å². The van der Waals surface area contributed by atoms with Gasteiger partial charge in [0, 0.05) is 18.5 Å². The van der Waals surface area contributed by atoms with Crippen molar-refractivity contribution in [2.24, 2.45) is 0 Å². The number of nitrogens with one attached hydrogen (secondary N) is 1. The average molecular weight is 360 g/mol. The molecule has 7 nitrogen and oxygen atoms in total. The average Bonchev–Trinajstić information content (AvgIpc) is 3.30. The van der Waals surface area contributed by atoms with E-state index in [2.05, 4.69) is 15.5 Å². The lowest BCUT2D eigenvalue weighted by Crippen LogP contribution is -2.42. The van der Waals surface area contributed by atoms with Crippen molar-refractivity contribution in [1.29, 1.82) is 0 Å². The monoisotopic (exact) mass is 360 g/mol. The lowest BCUT2D eigenvalue weighted by molar-refractivity contribution is -0.136. The number of likely N-dealkylation sites (tertiary alicyclic amines) is 1. The number of methoxy groups -OCH3 is 1. The van der Waals surface area contributed by atoms with Gasteiger partial charge < -0.3 is 9.64 Å². The summed E-state index contributed by atoms with van der Waals surface area (Å²) < 4.78 is 5.21. The van der Waals surface area contributed by atoms with Gasteiger partial charge in [-0.05, 0) is 25.0 Å². The first-order valence-corrected chi connectivity index (χ1v) is 9.02. The zero-order valence-electron chi connectivity index (χ0n) is 14.2. The first-order chi connectivity index (χ1) is 12.1. The third kappa shape index (κ3) is 3.79. The number of ether oxygens (including phenoxy) is 1. The zero-order chi connectivity index (χ0) is 17.8. The highest BCUT2D eigenvalue weighted by molar-refractivity contribution is 7.18. The molecule has 0 bridgehead atoms. The highest BCUT2D eigenvalue weighted by atomic mass is 32.1. The quantitative estimate of drug-likeness (QED) is 0.886. The Bertz CT molecular complexity index is 777. The molecule has 25 heavy (non-hydrogen) atoms. The van der Waals surface area contributed by atoms with Crippen molar-refractivity contribution in [2.75, 3.05) is 19.0 Å². The second-order valence-corrected chi connectivity index (χ2v) is 6.71. The maximum Gasteiger partial charge on any atom is 0.249 e. The fourth-order valence-electron chi connectivity index (χ4n) is 2.88. The van der Waals surface area contributed by atoms with E-state index in [4.69, 9.17) is 4.74 Å². The number of hydrogen-bond donors (Lipinski definition) is 1. The molecule has 0 saturated carbocycles. The van der Waals surface area contributed by atoms with Crippen LogP contribution in [0.2, 0.25) is 0 Å². The van der Waals surface area contributed by atoms with Crippen molar-refractivity contribution < 1.29 is 14.3 Å². The molecule has 8 heteroatoms. The van der Waals surface area contributed by atoms with Crippen LogP contribution in [0, 0.1) is 0 Å². The van der Waals surface area contributed by atoms with Gasteiger partial charge in [0.1, 0.15) is 16.8 Å². The molecule has 132 valence electrons. The van der Waals surface area contributed by atoms with Gasteiger partial charge >= 0.3 is 0 Å². The van der Waals surface area contributed by atoms with Crippen LogP contribution in [-0.4, -0.2) is 46.6 Å². The van der Waals surface area contributed by atoms with Gasteiger partial charge in [-0.15, -0.1) is 10.2 Å². The molecule has 1 aliphatic rings. The molecule has 1 aliphatic heterocycles. The normalized spacial score (nSPS) is 16.7. The first-order valence-electron chi connectivity index (χ1n) is 8.20. The number of hydrogen-bond acceptors (Lipinski definition) is 6. The van der Waals surface area contributed by atoms with Crippen LogP contribution in [0.5, 0.6) is 5.75 Å². The van der Waals surface area contributed by atoms with Crippen LogP contribution in [0.15, 0.2) is 24.3 Å². The summed E-state index contributed by atoms with van der Waals surface area (Å²) in [5.41, 5.74) is 0.876. The molecule has 1 fully saturated rings. The molecular formula is C17H20N4O3S. The Morgan fingerprint density at radius 1 is 1.40 bits per heavy atom. The Morgan fingerprint density at radius 2 is 2.24 bits per heavy atom. The summed E-state index contributed by atoms with van der Waals surface area (Å²) in [5.74, 6) is 0.539. The van der Waals surface area contributed by atoms with Crippen LogP contribution in [0.1, 0.15) is 26.2 Å². The van der Waals surface area contributed by atoms with Crippen molar-refractivity contribution in [3.63, 3.8) is 0 Å². The summed E-state index contributed by atoms with van der Waals surface area (Å²) >= 11 is 1.29. The minimum absolute atomic E-state index is 0.00647. The fourth-order valence-corrected chi connectivity index (χ4v) is 3.62. The van der Waals surface area contributed by atoms with Gasteiger partial charge in [0.25, 0.3) is 0 Å². The van der Waals surface area contributed by atoms with Gasteiger partial charge in [0.05, 0.1) is 7.11 Å². The maximum atomic E-state index is 12.5. The molecule has 2 heterocycles. The molecule has 2 amide bonds. The standard InChI is InChI=1S/C17H20N4O3S/c1-3-14(22)21-9-5-8-13(21)15(23)18-17-20-19-16(25-17)11-6-4-7-12(10-11)24-2/h4,6-7,10,13H,3,5,8-9H2,1-2H3,(H,18,20,23). The van der Waals surface area contributed by atoms with Crippen molar-refractivity contribution in [3.05, 3.63) is 24.3 Å². The lowest BCUT2D eigenvalue weighted by Gasteiger charge is -2.22. The predicted octanol–water partition coefficient (Wildman–Crippen LogP) is 2.55. The molecule has 1 aromatic carbocycles. The minimum atomic E-state index is -0.420. The van der Waals surface area contributed by atoms with Crippen LogP contribution in [0.3, 0.4) is 0 Å². The van der Waals surface area contributed by atoms with Gasteiger partial charge in [0.15, 0.2) is 0 Å². The minimum Gasteiger partial charge on any atom is -0.497 e. The third-order valence-corrected chi connectivity index (χ3v) is 5.04. The molecule has 1 aromatic heterocycles. The lowest BCUT2D eigenvalue weighted by atomic mass is 10.2. The van der Waals surface area contributed by atoms with Gasteiger partial charge in [-0.3, -0.25) is 14.9 Å².